The second-order valence-electron chi connectivity index (χ2n) is 3.17. The fourth-order valence-corrected chi connectivity index (χ4v) is 1.62. The van der Waals surface area contributed by atoms with Crippen molar-refractivity contribution in [1.82, 2.24) is 4.40 Å². The topological polar surface area (TPSA) is 4.41 Å². The third-order valence-corrected chi connectivity index (χ3v) is 2.14. The van der Waals surface area contributed by atoms with E-state index >= 15 is 0 Å². The standard InChI is InChI=1S/C10H8F3N/c1-7-6-8-4-2-3-5-14(8)9(7)10(11,12)13/h2-6H,1H3. The van der Waals surface area contributed by atoms with Crippen molar-refractivity contribution in [3.63, 3.8) is 0 Å². The first-order valence-corrected chi connectivity index (χ1v) is 4.14. The zero-order valence-electron chi connectivity index (χ0n) is 7.47. The van der Waals surface area contributed by atoms with Crippen LogP contribution < -0.4 is 0 Å². The maximum absolute atomic E-state index is 12.6. The molecule has 0 atom stereocenters. The maximum Gasteiger partial charge on any atom is 0.432 e. The van der Waals surface area contributed by atoms with Gasteiger partial charge < -0.3 is 4.40 Å². The van der Waals surface area contributed by atoms with Gasteiger partial charge in [-0.2, -0.15) is 13.2 Å². The first-order chi connectivity index (χ1) is 6.50. The Kier molecular flexibility index (Phi) is 1.80. The second kappa shape index (κ2) is 2.77. The van der Waals surface area contributed by atoms with Crippen LogP contribution in [0.5, 0.6) is 0 Å². The lowest BCUT2D eigenvalue weighted by molar-refractivity contribution is -0.142. The Balaban J connectivity index is 2.81. The summed E-state index contributed by atoms with van der Waals surface area (Å²) >= 11 is 0. The van der Waals surface area contributed by atoms with E-state index in [1.807, 2.05) is 0 Å². The van der Waals surface area contributed by atoms with Crippen LogP contribution in [-0.2, 0) is 6.18 Å². The number of rotatable bonds is 0. The predicted octanol–water partition coefficient (Wildman–Crippen LogP) is 3.27. The van der Waals surface area contributed by atoms with Crippen molar-refractivity contribution in [2.45, 2.75) is 13.1 Å². The Morgan fingerprint density at radius 3 is 2.57 bits per heavy atom. The molecule has 0 aromatic carbocycles. The van der Waals surface area contributed by atoms with Gasteiger partial charge in [0.1, 0.15) is 5.69 Å². The number of fused-ring (bicyclic) bond motifs is 1. The lowest BCUT2D eigenvalue weighted by atomic mass is 10.2. The van der Waals surface area contributed by atoms with E-state index in [1.165, 1.54) is 19.2 Å². The van der Waals surface area contributed by atoms with Gasteiger partial charge in [0.25, 0.3) is 0 Å². The Morgan fingerprint density at radius 2 is 1.93 bits per heavy atom. The molecule has 2 rings (SSSR count). The Hall–Kier alpha value is -1.45. The third-order valence-electron chi connectivity index (χ3n) is 2.14. The molecule has 2 aromatic heterocycles. The molecule has 4 heteroatoms. The Labute approximate surface area is 78.8 Å². The second-order valence-corrected chi connectivity index (χ2v) is 3.17. The minimum absolute atomic E-state index is 0.253. The quantitative estimate of drug-likeness (QED) is 0.613. The van der Waals surface area contributed by atoms with Crippen LogP contribution in [0.2, 0.25) is 0 Å². The highest BCUT2D eigenvalue weighted by Gasteiger charge is 2.35. The van der Waals surface area contributed by atoms with Gasteiger partial charge in [0.15, 0.2) is 0 Å². The number of nitrogens with zero attached hydrogens (tertiary/aromatic N) is 1. The lowest BCUT2D eigenvalue weighted by Crippen LogP contribution is -2.10. The van der Waals surface area contributed by atoms with Gasteiger partial charge in [-0.25, -0.2) is 0 Å². The molecule has 0 aliphatic carbocycles. The van der Waals surface area contributed by atoms with E-state index in [9.17, 15) is 13.2 Å². The summed E-state index contributed by atoms with van der Waals surface area (Å²) in [6.07, 6.45) is -2.87. The summed E-state index contributed by atoms with van der Waals surface area (Å²) in [5.74, 6) is 0. The fraction of sp³-hybridized carbons (Fsp3) is 0.200. The maximum atomic E-state index is 12.6. The van der Waals surface area contributed by atoms with Gasteiger partial charge in [-0.3, -0.25) is 0 Å². The van der Waals surface area contributed by atoms with Crippen molar-refractivity contribution >= 4 is 5.52 Å². The van der Waals surface area contributed by atoms with Crippen LogP contribution >= 0.6 is 0 Å². The molecular weight excluding hydrogens is 191 g/mol. The summed E-state index contributed by atoms with van der Waals surface area (Å²) in [6, 6.07) is 6.49. The average molecular weight is 199 g/mol. The molecule has 2 heterocycles. The number of aryl methyl sites for hydroxylation is 1. The van der Waals surface area contributed by atoms with E-state index in [2.05, 4.69) is 0 Å². The van der Waals surface area contributed by atoms with E-state index in [-0.39, 0.29) is 5.56 Å². The minimum atomic E-state index is -4.29. The first kappa shape index (κ1) is 9.12. The van der Waals surface area contributed by atoms with E-state index in [4.69, 9.17) is 0 Å². The van der Waals surface area contributed by atoms with Crippen LogP contribution in [0.15, 0.2) is 30.5 Å². The molecule has 0 fully saturated rings. The molecule has 0 bridgehead atoms. The minimum Gasteiger partial charge on any atom is -0.313 e. The highest BCUT2D eigenvalue weighted by Crippen LogP contribution is 2.33. The van der Waals surface area contributed by atoms with E-state index in [0.29, 0.717) is 5.52 Å². The first-order valence-electron chi connectivity index (χ1n) is 4.14. The van der Waals surface area contributed by atoms with Crippen molar-refractivity contribution in [2.24, 2.45) is 0 Å². The zero-order valence-corrected chi connectivity index (χ0v) is 7.47. The number of aromatic nitrogens is 1. The third kappa shape index (κ3) is 1.27. The van der Waals surface area contributed by atoms with Gasteiger partial charge in [0.05, 0.1) is 0 Å². The molecule has 0 spiro atoms. The molecule has 1 nitrogen and oxygen atoms in total. The number of hydrogen-bond donors (Lipinski definition) is 0. The molecule has 0 saturated heterocycles. The largest absolute Gasteiger partial charge is 0.432 e. The molecular formula is C10H8F3N. The van der Waals surface area contributed by atoms with Crippen molar-refractivity contribution in [1.29, 1.82) is 0 Å². The molecule has 74 valence electrons. The molecule has 0 N–H and O–H groups in total. The van der Waals surface area contributed by atoms with Crippen LogP contribution in [0.4, 0.5) is 13.2 Å². The molecule has 0 radical (unpaired) electrons. The number of halogens is 3. The van der Waals surface area contributed by atoms with Crippen molar-refractivity contribution < 1.29 is 13.2 Å². The van der Waals surface area contributed by atoms with Gasteiger partial charge in [-0.1, -0.05) is 6.07 Å². The zero-order chi connectivity index (χ0) is 10.3. The SMILES string of the molecule is Cc1cc2ccccn2c1C(F)(F)F. The molecule has 0 aliphatic heterocycles. The monoisotopic (exact) mass is 199 g/mol. The highest BCUT2D eigenvalue weighted by molar-refractivity contribution is 5.53. The van der Waals surface area contributed by atoms with Gasteiger partial charge in [-0.05, 0) is 30.7 Å². The van der Waals surface area contributed by atoms with Crippen molar-refractivity contribution in [3.8, 4) is 0 Å². The van der Waals surface area contributed by atoms with E-state index in [0.717, 1.165) is 4.40 Å². The van der Waals surface area contributed by atoms with Crippen LogP contribution in [0.3, 0.4) is 0 Å². The molecule has 2 aromatic rings. The van der Waals surface area contributed by atoms with Gasteiger partial charge in [-0.15, -0.1) is 0 Å². The lowest BCUT2D eigenvalue weighted by Gasteiger charge is -2.07. The Morgan fingerprint density at radius 1 is 1.21 bits per heavy atom. The van der Waals surface area contributed by atoms with Gasteiger partial charge >= 0.3 is 6.18 Å². The normalized spacial score (nSPS) is 12.3. The van der Waals surface area contributed by atoms with E-state index < -0.39 is 11.9 Å². The number of alkyl halides is 3. The average Bonchev–Trinajstić information content (AvgIpc) is 2.38. The summed E-state index contributed by atoms with van der Waals surface area (Å²) in [4.78, 5) is 0. The van der Waals surface area contributed by atoms with E-state index in [1.54, 1.807) is 18.2 Å². The summed E-state index contributed by atoms with van der Waals surface area (Å²) in [5.41, 5.74) is 0.231. The summed E-state index contributed by atoms with van der Waals surface area (Å²) < 4.78 is 38.9. The van der Waals surface area contributed by atoms with Crippen LogP contribution in [0.25, 0.3) is 5.52 Å². The number of hydrogen-bond acceptors (Lipinski definition) is 0. The predicted molar refractivity (Wildman–Crippen MR) is 47.1 cm³/mol. The van der Waals surface area contributed by atoms with Crippen molar-refractivity contribution in [3.05, 3.63) is 41.7 Å². The van der Waals surface area contributed by atoms with Gasteiger partial charge in [0.2, 0.25) is 0 Å². The Bertz CT molecular complexity index is 468. The molecule has 0 aliphatic rings. The molecule has 14 heavy (non-hydrogen) atoms. The van der Waals surface area contributed by atoms with Crippen molar-refractivity contribution in [2.75, 3.05) is 0 Å². The smallest absolute Gasteiger partial charge is 0.313 e. The van der Waals surface area contributed by atoms with Crippen LogP contribution in [-0.4, -0.2) is 4.40 Å². The summed E-state index contributed by atoms with van der Waals surface area (Å²) in [6.45, 7) is 1.47. The molecule has 0 unspecified atom stereocenters. The van der Waals surface area contributed by atoms with Crippen LogP contribution in [0, 0.1) is 6.92 Å². The summed E-state index contributed by atoms with van der Waals surface area (Å²) in [7, 11) is 0. The number of pyridine rings is 1. The fourth-order valence-electron chi connectivity index (χ4n) is 1.62. The highest BCUT2D eigenvalue weighted by atomic mass is 19.4. The molecule has 0 amide bonds. The molecule has 0 saturated carbocycles. The summed E-state index contributed by atoms with van der Waals surface area (Å²) in [5, 5.41) is 0. The van der Waals surface area contributed by atoms with Crippen LogP contribution in [0.1, 0.15) is 11.3 Å². The van der Waals surface area contributed by atoms with Gasteiger partial charge in [0, 0.05) is 11.7 Å².